The maximum absolute atomic E-state index is 12.1. The molecule has 8 heteroatoms. The van der Waals surface area contributed by atoms with E-state index in [0.717, 1.165) is 35.8 Å². The summed E-state index contributed by atoms with van der Waals surface area (Å²) < 4.78 is 15.7. The molecule has 0 saturated heterocycles. The summed E-state index contributed by atoms with van der Waals surface area (Å²) >= 11 is 0. The van der Waals surface area contributed by atoms with Crippen LogP contribution in [0.4, 0.5) is 0 Å². The Bertz CT molecular complexity index is 1080. The summed E-state index contributed by atoms with van der Waals surface area (Å²) in [6, 6.07) is 7.12. The van der Waals surface area contributed by atoms with Crippen molar-refractivity contribution in [1.29, 1.82) is 5.26 Å². The summed E-state index contributed by atoms with van der Waals surface area (Å²) in [6.07, 6.45) is 2.51. The number of amides is 1. The first-order valence-corrected chi connectivity index (χ1v) is 9.83. The number of rotatable bonds is 7. The number of aryl methyl sites for hydroxylation is 1. The van der Waals surface area contributed by atoms with E-state index in [2.05, 4.69) is 5.32 Å². The third-order valence-corrected chi connectivity index (χ3v) is 5.45. The largest absolute Gasteiger partial charge is 0.482 e. The van der Waals surface area contributed by atoms with Gasteiger partial charge in [0, 0.05) is 17.0 Å². The zero-order valence-corrected chi connectivity index (χ0v) is 17.2. The first-order valence-electron chi connectivity index (χ1n) is 9.83. The fourth-order valence-corrected chi connectivity index (χ4v) is 3.31. The van der Waals surface area contributed by atoms with Crippen molar-refractivity contribution in [2.45, 2.75) is 45.6 Å². The van der Waals surface area contributed by atoms with Crippen LogP contribution in [0.1, 0.15) is 38.3 Å². The molecule has 1 aromatic carbocycles. The summed E-state index contributed by atoms with van der Waals surface area (Å²) in [4.78, 5) is 35.9. The fraction of sp³-hybridized carbons (Fsp3) is 0.455. The van der Waals surface area contributed by atoms with Gasteiger partial charge in [0.1, 0.15) is 16.9 Å². The average Bonchev–Trinajstić information content (AvgIpc) is 3.21. The van der Waals surface area contributed by atoms with Crippen molar-refractivity contribution in [1.82, 2.24) is 5.32 Å². The minimum absolute atomic E-state index is 0.111. The Labute approximate surface area is 173 Å². The Morgan fingerprint density at radius 3 is 2.70 bits per heavy atom. The third-order valence-electron chi connectivity index (χ3n) is 5.45. The number of carbonyl (C=O) groups is 2. The van der Waals surface area contributed by atoms with Crippen molar-refractivity contribution >= 4 is 22.8 Å². The minimum atomic E-state index is -1.05. The van der Waals surface area contributed by atoms with Crippen molar-refractivity contribution in [2.75, 3.05) is 13.2 Å². The van der Waals surface area contributed by atoms with Gasteiger partial charge in [-0.2, -0.15) is 5.26 Å². The number of fused-ring (bicyclic) bond motifs is 3. The second-order valence-corrected chi connectivity index (χ2v) is 7.82. The number of hydrogen-bond acceptors (Lipinski definition) is 7. The topological polar surface area (TPSA) is 119 Å². The standard InChI is InChI=1S/C22H24N2O6/c1-13(2)22(3,12-23)24-19(25)10-29-20(26)11-28-14-7-8-16-15-5-4-6-17(15)21(27)30-18(16)9-14/h7-9,13H,4-6,10-11H2,1-3H3,(H,24,25)/t22-/m1/s1. The van der Waals surface area contributed by atoms with Crippen LogP contribution >= 0.6 is 0 Å². The third kappa shape index (κ3) is 4.46. The summed E-state index contributed by atoms with van der Waals surface area (Å²) in [5.41, 5.74) is 0.792. The lowest BCUT2D eigenvalue weighted by Crippen LogP contribution is -2.50. The molecule has 1 atom stereocenters. The molecule has 30 heavy (non-hydrogen) atoms. The summed E-state index contributed by atoms with van der Waals surface area (Å²) in [5.74, 6) is -1.06. The molecule has 0 spiro atoms. The Morgan fingerprint density at radius 1 is 1.27 bits per heavy atom. The number of carbonyl (C=O) groups excluding carboxylic acids is 2. The SMILES string of the molecule is CC(C)[C@@](C)(C#N)NC(=O)COC(=O)COc1ccc2c3c(c(=O)oc2c1)CCC3. The Hall–Kier alpha value is -3.34. The van der Waals surface area contributed by atoms with Gasteiger partial charge >= 0.3 is 11.6 Å². The smallest absolute Gasteiger partial charge is 0.344 e. The highest BCUT2D eigenvalue weighted by molar-refractivity contribution is 5.84. The molecular formula is C22H24N2O6. The van der Waals surface area contributed by atoms with E-state index in [9.17, 15) is 19.6 Å². The molecule has 0 bridgehead atoms. The van der Waals surface area contributed by atoms with Crippen molar-refractivity contribution in [3.63, 3.8) is 0 Å². The van der Waals surface area contributed by atoms with E-state index in [1.165, 1.54) is 0 Å². The van der Waals surface area contributed by atoms with E-state index < -0.39 is 30.6 Å². The van der Waals surface area contributed by atoms with Gasteiger partial charge in [0.2, 0.25) is 0 Å². The van der Waals surface area contributed by atoms with Gasteiger partial charge in [0.25, 0.3) is 5.91 Å². The lowest BCUT2D eigenvalue weighted by molar-refractivity contribution is -0.150. The molecule has 3 rings (SSSR count). The van der Waals surface area contributed by atoms with Crippen molar-refractivity contribution in [2.24, 2.45) is 5.92 Å². The highest BCUT2D eigenvalue weighted by Gasteiger charge is 2.30. The molecule has 1 amide bonds. The monoisotopic (exact) mass is 412 g/mol. The minimum Gasteiger partial charge on any atom is -0.482 e. The van der Waals surface area contributed by atoms with Gasteiger partial charge in [-0.3, -0.25) is 4.79 Å². The van der Waals surface area contributed by atoms with Crippen molar-refractivity contribution in [3.05, 3.63) is 39.7 Å². The Morgan fingerprint density at radius 2 is 2.00 bits per heavy atom. The van der Waals surface area contributed by atoms with Gasteiger partial charge in [0.15, 0.2) is 13.2 Å². The Kier molecular flexibility index (Phi) is 6.11. The highest BCUT2D eigenvalue weighted by atomic mass is 16.6. The molecule has 1 aliphatic carbocycles. The maximum atomic E-state index is 12.1. The summed E-state index contributed by atoms with van der Waals surface area (Å²) in [5, 5.41) is 12.6. The summed E-state index contributed by atoms with van der Waals surface area (Å²) in [6.45, 7) is 4.30. The van der Waals surface area contributed by atoms with E-state index in [0.29, 0.717) is 11.3 Å². The molecule has 1 N–H and O–H groups in total. The molecule has 1 aromatic heterocycles. The second kappa shape index (κ2) is 8.57. The van der Waals surface area contributed by atoms with Crippen LogP contribution in [0.3, 0.4) is 0 Å². The molecule has 158 valence electrons. The number of nitrogens with one attached hydrogen (secondary N) is 1. The normalized spacial score (nSPS) is 14.6. The van der Waals surface area contributed by atoms with Crippen LogP contribution in [-0.2, 0) is 27.2 Å². The van der Waals surface area contributed by atoms with E-state index in [4.69, 9.17) is 13.9 Å². The molecule has 0 aliphatic heterocycles. The van der Waals surface area contributed by atoms with Crippen LogP contribution in [0.2, 0.25) is 0 Å². The molecule has 1 aliphatic rings. The molecule has 0 unspecified atom stereocenters. The fourth-order valence-electron chi connectivity index (χ4n) is 3.31. The quantitative estimate of drug-likeness (QED) is 0.547. The molecule has 1 heterocycles. The van der Waals surface area contributed by atoms with Crippen LogP contribution < -0.4 is 15.7 Å². The van der Waals surface area contributed by atoms with Gasteiger partial charge in [-0.1, -0.05) is 13.8 Å². The van der Waals surface area contributed by atoms with Crippen LogP contribution in [0.5, 0.6) is 5.75 Å². The van der Waals surface area contributed by atoms with Crippen LogP contribution in [0.25, 0.3) is 11.0 Å². The van der Waals surface area contributed by atoms with Crippen molar-refractivity contribution in [3.8, 4) is 11.8 Å². The van der Waals surface area contributed by atoms with Gasteiger partial charge < -0.3 is 19.2 Å². The second-order valence-electron chi connectivity index (χ2n) is 7.82. The van der Waals surface area contributed by atoms with Crippen LogP contribution in [-0.4, -0.2) is 30.6 Å². The van der Waals surface area contributed by atoms with Gasteiger partial charge in [-0.05, 0) is 49.8 Å². The predicted octanol–water partition coefficient (Wildman–Crippen LogP) is 2.26. The first kappa shape index (κ1) is 21.4. The van der Waals surface area contributed by atoms with Crippen LogP contribution in [0.15, 0.2) is 27.4 Å². The number of ether oxygens (including phenoxy) is 2. The number of nitrogens with zero attached hydrogens (tertiary/aromatic N) is 1. The van der Waals surface area contributed by atoms with Crippen molar-refractivity contribution < 1.29 is 23.5 Å². The van der Waals surface area contributed by atoms with E-state index in [1.807, 2.05) is 26.0 Å². The molecule has 0 fully saturated rings. The lowest BCUT2D eigenvalue weighted by Gasteiger charge is -2.27. The summed E-state index contributed by atoms with van der Waals surface area (Å²) in [7, 11) is 0. The van der Waals surface area contributed by atoms with E-state index >= 15 is 0 Å². The highest BCUT2D eigenvalue weighted by Crippen LogP contribution is 2.29. The van der Waals surface area contributed by atoms with E-state index in [-0.39, 0.29) is 11.5 Å². The van der Waals surface area contributed by atoms with Gasteiger partial charge in [0.05, 0.1) is 6.07 Å². The zero-order chi connectivity index (χ0) is 21.9. The van der Waals surface area contributed by atoms with E-state index in [1.54, 1.807) is 19.1 Å². The predicted molar refractivity (Wildman–Crippen MR) is 108 cm³/mol. The zero-order valence-electron chi connectivity index (χ0n) is 17.2. The number of nitriles is 1. The average molecular weight is 412 g/mol. The molecule has 2 aromatic rings. The molecule has 8 nitrogen and oxygen atoms in total. The van der Waals surface area contributed by atoms with Gasteiger partial charge in [-0.25, -0.2) is 9.59 Å². The number of hydrogen-bond donors (Lipinski definition) is 1. The number of esters is 1. The molecule has 0 saturated carbocycles. The first-order chi connectivity index (χ1) is 14.2. The Balaban J connectivity index is 1.56. The van der Waals surface area contributed by atoms with Crippen LogP contribution in [0, 0.1) is 17.2 Å². The molecule has 0 radical (unpaired) electrons. The maximum Gasteiger partial charge on any atom is 0.344 e. The molecular weight excluding hydrogens is 388 g/mol. The number of benzene rings is 1. The van der Waals surface area contributed by atoms with Gasteiger partial charge in [-0.15, -0.1) is 0 Å². The lowest BCUT2D eigenvalue weighted by atomic mass is 9.90.